The predicted molar refractivity (Wildman–Crippen MR) is 106 cm³/mol. The Hall–Kier alpha value is -1.99. The minimum atomic E-state index is 0.0681. The summed E-state index contributed by atoms with van der Waals surface area (Å²) in [5.74, 6) is 2.72. The molecule has 0 aromatic heterocycles. The van der Waals surface area contributed by atoms with Crippen LogP contribution in [0.2, 0.25) is 0 Å². The Morgan fingerprint density at radius 2 is 1.75 bits per heavy atom. The molecular weight excluding hydrogens is 360 g/mol. The lowest BCUT2D eigenvalue weighted by Gasteiger charge is -2.43. The second-order valence-electron chi connectivity index (χ2n) is 7.90. The zero-order valence-electron chi connectivity index (χ0n) is 17.6. The maximum atomic E-state index is 12.0. The van der Waals surface area contributed by atoms with Gasteiger partial charge in [0.2, 0.25) is 5.91 Å². The van der Waals surface area contributed by atoms with E-state index in [1.54, 1.807) is 35.4 Å². The number of ether oxygens (including phenoxy) is 4. The number of rotatable bonds is 7. The highest BCUT2D eigenvalue weighted by Crippen LogP contribution is 2.44. The van der Waals surface area contributed by atoms with Gasteiger partial charge in [0.1, 0.15) is 5.75 Å². The van der Waals surface area contributed by atoms with E-state index in [1.807, 2.05) is 17.0 Å². The van der Waals surface area contributed by atoms with Gasteiger partial charge in [-0.05, 0) is 24.9 Å². The number of carbonyl (C=O) groups excluding carboxylic acids is 1. The maximum absolute atomic E-state index is 12.0. The van der Waals surface area contributed by atoms with E-state index in [-0.39, 0.29) is 11.3 Å². The van der Waals surface area contributed by atoms with Crippen LogP contribution in [0.5, 0.6) is 17.2 Å². The number of benzene rings is 1. The second kappa shape index (κ2) is 8.57. The van der Waals surface area contributed by atoms with Gasteiger partial charge in [-0.2, -0.15) is 0 Å². The van der Waals surface area contributed by atoms with Crippen LogP contribution in [0, 0.1) is 11.3 Å². The number of amides is 1. The highest BCUT2D eigenvalue weighted by Gasteiger charge is 2.50. The number of likely N-dealkylation sites (tertiary alicyclic amines) is 2. The van der Waals surface area contributed by atoms with Crippen LogP contribution in [0.3, 0.4) is 0 Å². The third kappa shape index (κ3) is 3.91. The van der Waals surface area contributed by atoms with Crippen molar-refractivity contribution in [3.63, 3.8) is 0 Å². The van der Waals surface area contributed by atoms with Crippen LogP contribution in [0.4, 0.5) is 0 Å². The van der Waals surface area contributed by atoms with E-state index in [2.05, 4.69) is 4.90 Å². The fraction of sp³-hybridized carbons (Fsp3) is 0.667. The van der Waals surface area contributed by atoms with Gasteiger partial charge in [0.25, 0.3) is 0 Å². The van der Waals surface area contributed by atoms with Crippen molar-refractivity contribution in [2.45, 2.75) is 19.9 Å². The van der Waals surface area contributed by atoms with Gasteiger partial charge in [0.05, 0.1) is 27.9 Å². The molecule has 3 rings (SSSR count). The fourth-order valence-electron chi connectivity index (χ4n) is 4.72. The standard InChI is InChI=1S/C21H32N2O5/c1-15(24)23-12-17-11-22(7-6-21(17,13-23)14-25-2)10-16-8-19(27-4)20(28-5)9-18(16)26-3/h8-9,17H,6-7,10-14H2,1-5H3/t17-,21+/m1/s1. The highest BCUT2D eigenvalue weighted by atomic mass is 16.5. The molecule has 0 N–H and O–H groups in total. The molecule has 1 amide bonds. The molecule has 0 aliphatic carbocycles. The molecule has 2 atom stereocenters. The van der Waals surface area contributed by atoms with Crippen LogP contribution < -0.4 is 14.2 Å². The average Bonchev–Trinajstić information content (AvgIpc) is 3.07. The summed E-state index contributed by atoms with van der Waals surface area (Å²) >= 11 is 0. The molecule has 0 saturated carbocycles. The number of methoxy groups -OCH3 is 4. The summed E-state index contributed by atoms with van der Waals surface area (Å²) in [6.07, 6.45) is 1.02. The molecule has 1 aromatic rings. The molecule has 1 aromatic carbocycles. The van der Waals surface area contributed by atoms with Gasteiger partial charge >= 0.3 is 0 Å². The number of piperidine rings is 1. The Balaban J connectivity index is 1.78. The molecule has 156 valence electrons. The number of fused-ring (bicyclic) bond motifs is 1. The van der Waals surface area contributed by atoms with Crippen LogP contribution in [-0.4, -0.2) is 76.9 Å². The van der Waals surface area contributed by atoms with Crippen molar-refractivity contribution in [3.8, 4) is 17.2 Å². The summed E-state index contributed by atoms with van der Waals surface area (Å²) in [5, 5.41) is 0. The van der Waals surface area contributed by atoms with E-state index in [0.717, 1.165) is 50.5 Å². The molecule has 7 nitrogen and oxygen atoms in total. The highest BCUT2D eigenvalue weighted by molar-refractivity contribution is 5.73. The molecule has 28 heavy (non-hydrogen) atoms. The third-order valence-electron chi connectivity index (χ3n) is 6.27. The van der Waals surface area contributed by atoms with Crippen LogP contribution in [-0.2, 0) is 16.1 Å². The van der Waals surface area contributed by atoms with Crippen molar-refractivity contribution in [1.82, 2.24) is 9.80 Å². The predicted octanol–water partition coefficient (Wildman–Crippen LogP) is 2.03. The molecule has 2 aliphatic heterocycles. The zero-order valence-corrected chi connectivity index (χ0v) is 17.6. The number of carbonyl (C=O) groups is 1. The normalized spacial score (nSPS) is 24.8. The van der Waals surface area contributed by atoms with Crippen molar-refractivity contribution >= 4 is 5.91 Å². The van der Waals surface area contributed by atoms with E-state index in [0.29, 0.717) is 24.0 Å². The summed E-state index contributed by atoms with van der Waals surface area (Å²) in [6.45, 7) is 6.63. The van der Waals surface area contributed by atoms with Crippen molar-refractivity contribution in [2.24, 2.45) is 11.3 Å². The molecule has 2 heterocycles. The van der Waals surface area contributed by atoms with E-state index in [4.69, 9.17) is 18.9 Å². The smallest absolute Gasteiger partial charge is 0.219 e. The topological polar surface area (TPSA) is 60.5 Å². The first kappa shape index (κ1) is 20.7. The molecule has 0 unspecified atom stereocenters. The Kier molecular flexibility index (Phi) is 6.35. The van der Waals surface area contributed by atoms with Crippen molar-refractivity contribution in [1.29, 1.82) is 0 Å². The van der Waals surface area contributed by atoms with E-state index < -0.39 is 0 Å². The van der Waals surface area contributed by atoms with Gasteiger partial charge in [0, 0.05) is 57.3 Å². The summed E-state index contributed by atoms with van der Waals surface area (Å²) < 4.78 is 22.0. The zero-order chi connectivity index (χ0) is 20.3. The third-order valence-corrected chi connectivity index (χ3v) is 6.27. The molecule has 0 bridgehead atoms. The summed E-state index contributed by atoms with van der Waals surface area (Å²) in [7, 11) is 6.69. The Bertz CT molecular complexity index is 710. The quantitative estimate of drug-likeness (QED) is 0.708. The molecule has 2 saturated heterocycles. The largest absolute Gasteiger partial charge is 0.496 e. The lowest BCUT2D eigenvalue weighted by atomic mass is 9.73. The minimum Gasteiger partial charge on any atom is -0.496 e. The molecule has 2 fully saturated rings. The van der Waals surface area contributed by atoms with Gasteiger partial charge in [0.15, 0.2) is 11.5 Å². The van der Waals surface area contributed by atoms with Crippen LogP contribution >= 0.6 is 0 Å². The lowest BCUT2D eigenvalue weighted by Crippen LogP contribution is -2.48. The van der Waals surface area contributed by atoms with Crippen molar-refractivity contribution < 1.29 is 23.7 Å². The average molecular weight is 392 g/mol. The molecule has 0 radical (unpaired) electrons. The SMILES string of the molecule is COC[C@@]12CCN(Cc3cc(OC)c(OC)cc3OC)C[C@@H]1CN(C(C)=O)C2. The minimum absolute atomic E-state index is 0.0681. The van der Waals surface area contributed by atoms with E-state index in [9.17, 15) is 4.79 Å². The van der Waals surface area contributed by atoms with Gasteiger partial charge < -0.3 is 23.8 Å². The number of nitrogens with zero attached hydrogens (tertiary/aromatic N) is 2. The number of hydrogen-bond donors (Lipinski definition) is 0. The molecular formula is C21H32N2O5. The van der Waals surface area contributed by atoms with Gasteiger partial charge in [-0.15, -0.1) is 0 Å². The molecule has 7 heteroatoms. The van der Waals surface area contributed by atoms with Crippen molar-refractivity contribution in [3.05, 3.63) is 17.7 Å². The first-order chi connectivity index (χ1) is 13.5. The van der Waals surface area contributed by atoms with Gasteiger partial charge in [-0.1, -0.05) is 0 Å². The van der Waals surface area contributed by atoms with Crippen LogP contribution in [0.1, 0.15) is 18.9 Å². The van der Waals surface area contributed by atoms with E-state index in [1.165, 1.54) is 0 Å². The Morgan fingerprint density at radius 1 is 1.07 bits per heavy atom. The number of hydrogen-bond acceptors (Lipinski definition) is 6. The first-order valence-corrected chi connectivity index (χ1v) is 9.72. The summed E-state index contributed by atoms with van der Waals surface area (Å²) in [4.78, 5) is 16.4. The van der Waals surface area contributed by atoms with Gasteiger partial charge in [-0.3, -0.25) is 9.69 Å². The van der Waals surface area contributed by atoms with Crippen molar-refractivity contribution in [2.75, 3.05) is 61.2 Å². The summed E-state index contributed by atoms with van der Waals surface area (Å²) in [6, 6.07) is 3.87. The first-order valence-electron chi connectivity index (χ1n) is 9.72. The van der Waals surface area contributed by atoms with Crippen LogP contribution in [0.15, 0.2) is 12.1 Å². The van der Waals surface area contributed by atoms with Gasteiger partial charge in [-0.25, -0.2) is 0 Å². The van der Waals surface area contributed by atoms with E-state index >= 15 is 0 Å². The lowest BCUT2D eigenvalue weighted by molar-refractivity contribution is -0.128. The summed E-state index contributed by atoms with van der Waals surface area (Å²) in [5.41, 5.74) is 1.14. The second-order valence-corrected chi connectivity index (χ2v) is 7.90. The molecule has 0 spiro atoms. The fourth-order valence-corrected chi connectivity index (χ4v) is 4.72. The van der Waals surface area contributed by atoms with Crippen LogP contribution in [0.25, 0.3) is 0 Å². The molecule has 2 aliphatic rings. The maximum Gasteiger partial charge on any atom is 0.219 e. The monoisotopic (exact) mass is 392 g/mol. The Morgan fingerprint density at radius 3 is 2.36 bits per heavy atom. The Labute approximate surface area is 167 Å².